The van der Waals surface area contributed by atoms with Crippen LogP contribution in [-0.2, 0) is 10.0 Å². The Morgan fingerprint density at radius 2 is 1.34 bits per heavy atom. The molecule has 0 amide bonds. The first kappa shape index (κ1) is 21.1. The summed E-state index contributed by atoms with van der Waals surface area (Å²) >= 11 is 0. The molecule has 8 nitrogen and oxygen atoms in total. The van der Waals surface area contributed by atoms with Gasteiger partial charge in [-0.3, -0.25) is 4.72 Å². The molecule has 0 saturated heterocycles. The highest BCUT2D eigenvalue weighted by Gasteiger charge is 2.23. The molecule has 0 saturated carbocycles. The van der Waals surface area contributed by atoms with E-state index in [-0.39, 0.29) is 5.69 Å². The zero-order chi connectivity index (χ0) is 22.6. The molecular formula is C21H16F2N6O2S. The maximum absolute atomic E-state index is 13.8. The molecule has 2 aromatic heterocycles. The Hall–Kier alpha value is -4.12. The minimum Gasteiger partial charge on any atom is -0.340 e. The predicted molar refractivity (Wildman–Crippen MR) is 116 cm³/mol. The molecule has 162 valence electrons. The molecule has 0 aliphatic rings. The quantitative estimate of drug-likeness (QED) is 0.379. The van der Waals surface area contributed by atoms with Gasteiger partial charge in [-0.2, -0.15) is 0 Å². The number of hydrogen-bond acceptors (Lipinski definition) is 7. The second-order valence-electron chi connectivity index (χ2n) is 6.49. The highest BCUT2D eigenvalue weighted by Crippen LogP contribution is 2.24. The summed E-state index contributed by atoms with van der Waals surface area (Å²) in [6.45, 7) is 0. The van der Waals surface area contributed by atoms with Crippen molar-refractivity contribution < 1.29 is 17.2 Å². The second kappa shape index (κ2) is 8.94. The molecule has 2 aromatic carbocycles. The van der Waals surface area contributed by atoms with Crippen molar-refractivity contribution in [1.82, 2.24) is 15.0 Å². The fraction of sp³-hybridized carbons (Fsp3) is 0. The third-order valence-corrected chi connectivity index (χ3v) is 5.62. The van der Waals surface area contributed by atoms with Crippen LogP contribution in [0.3, 0.4) is 0 Å². The van der Waals surface area contributed by atoms with Gasteiger partial charge in [0.15, 0.2) is 4.90 Å². The SMILES string of the molecule is O=S(=O)(Nc1ccc(Nc2cc(Nc3ccccn3)ncn2)cc1)c1c(F)cccc1F. The molecule has 2 heterocycles. The topological polar surface area (TPSA) is 109 Å². The van der Waals surface area contributed by atoms with Crippen LogP contribution in [0.1, 0.15) is 0 Å². The molecule has 0 spiro atoms. The van der Waals surface area contributed by atoms with E-state index in [1.807, 2.05) is 6.07 Å². The van der Waals surface area contributed by atoms with Gasteiger partial charge in [-0.05, 0) is 48.5 Å². The van der Waals surface area contributed by atoms with Crippen molar-refractivity contribution in [3.05, 3.63) is 90.9 Å². The summed E-state index contributed by atoms with van der Waals surface area (Å²) in [6, 6.07) is 16.0. The maximum atomic E-state index is 13.8. The summed E-state index contributed by atoms with van der Waals surface area (Å²) in [5.41, 5.74) is 0.742. The van der Waals surface area contributed by atoms with E-state index in [0.29, 0.717) is 23.1 Å². The van der Waals surface area contributed by atoms with E-state index in [0.717, 1.165) is 18.2 Å². The summed E-state index contributed by atoms with van der Waals surface area (Å²) in [6.07, 6.45) is 3.03. The number of nitrogens with one attached hydrogen (secondary N) is 3. The molecule has 0 fully saturated rings. The van der Waals surface area contributed by atoms with Gasteiger partial charge in [-0.1, -0.05) is 12.1 Å². The Bertz CT molecular complexity index is 1320. The molecule has 0 unspecified atom stereocenters. The van der Waals surface area contributed by atoms with E-state index in [1.165, 1.54) is 18.5 Å². The number of halogens is 2. The standard InChI is InChI=1S/C21H16F2N6O2S/c22-16-4-3-5-17(23)21(16)32(30,31)29-15-9-7-14(8-10-15)27-19-12-20(26-13-25-19)28-18-6-1-2-11-24-18/h1-13,29H,(H2,24,25,26,27,28). The molecule has 11 heteroatoms. The minimum absolute atomic E-state index is 0.137. The third-order valence-electron chi connectivity index (χ3n) is 4.19. The molecule has 0 radical (unpaired) electrons. The number of hydrogen-bond donors (Lipinski definition) is 3. The van der Waals surface area contributed by atoms with Crippen LogP contribution < -0.4 is 15.4 Å². The van der Waals surface area contributed by atoms with Crippen molar-refractivity contribution in [2.45, 2.75) is 4.90 Å². The van der Waals surface area contributed by atoms with Crippen LogP contribution >= 0.6 is 0 Å². The second-order valence-corrected chi connectivity index (χ2v) is 8.11. The van der Waals surface area contributed by atoms with Gasteiger partial charge < -0.3 is 10.6 Å². The van der Waals surface area contributed by atoms with Crippen molar-refractivity contribution in [2.75, 3.05) is 15.4 Å². The average molecular weight is 454 g/mol. The van der Waals surface area contributed by atoms with Crippen molar-refractivity contribution in [3.8, 4) is 0 Å². The molecule has 32 heavy (non-hydrogen) atoms. The molecule has 0 atom stereocenters. The van der Waals surface area contributed by atoms with Gasteiger partial charge in [0.1, 0.15) is 35.4 Å². The molecule has 0 aliphatic heterocycles. The summed E-state index contributed by atoms with van der Waals surface area (Å²) in [7, 11) is -4.44. The summed E-state index contributed by atoms with van der Waals surface area (Å²) < 4.78 is 54.6. The number of rotatable bonds is 7. The lowest BCUT2D eigenvalue weighted by molar-refractivity contribution is 0.521. The van der Waals surface area contributed by atoms with Crippen molar-refractivity contribution in [3.63, 3.8) is 0 Å². The zero-order valence-electron chi connectivity index (χ0n) is 16.3. The molecule has 4 rings (SSSR count). The molecule has 3 N–H and O–H groups in total. The third kappa shape index (κ3) is 4.95. The lowest BCUT2D eigenvalue weighted by Gasteiger charge is -2.11. The van der Waals surface area contributed by atoms with Crippen molar-refractivity contribution in [1.29, 1.82) is 0 Å². The molecule has 0 aliphatic carbocycles. The first-order valence-corrected chi connectivity index (χ1v) is 10.7. The fourth-order valence-electron chi connectivity index (χ4n) is 2.78. The Morgan fingerprint density at radius 1 is 0.688 bits per heavy atom. The van der Waals surface area contributed by atoms with Gasteiger partial charge in [-0.25, -0.2) is 32.2 Å². The molecular weight excluding hydrogens is 438 g/mol. The Morgan fingerprint density at radius 3 is 2.00 bits per heavy atom. The lowest BCUT2D eigenvalue weighted by atomic mass is 10.3. The minimum atomic E-state index is -4.44. The zero-order valence-corrected chi connectivity index (χ0v) is 17.1. The number of benzene rings is 2. The number of anilines is 5. The van der Waals surface area contributed by atoms with Crippen LogP contribution in [0.5, 0.6) is 0 Å². The van der Waals surface area contributed by atoms with Gasteiger partial charge in [-0.15, -0.1) is 0 Å². The van der Waals surface area contributed by atoms with Gasteiger partial charge in [0.25, 0.3) is 10.0 Å². The normalized spacial score (nSPS) is 11.1. The van der Waals surface area contributed by atoms with Crippen LogP contribution in [0.2, 0.25) is 0 Å². The summed E-state index contributed by atoms with van der Waals surface area (Å²) in [4.78, 5) is 11.4. The van der Waals surface area contributed by atoms with Crippen molar-refractivity contribution >= 4 is 38.9 Å². The van der Waals surface area contributed by atoms with E-state index >= 15 is 0 Å². The van der Waals surface area contributed by atoms with Crippen molar-refractivity contribution in [2.24, 2.45) is 0 Å². The van der Waals surface area contributed by atoms with E-state index < -0.39 is 26.6 Å². The van der Waals surface area contributed by atoms with Crippen LogP contribution in [-0.4, -0.2) is 23.4 Å². The smallest absolute Gasteiger partial charge is 0.267 e. The average Bonchev–Trinajstić information content (AvgIpc) is 2.76. The Kier molecular flexibility index (Phi) is 5.90. The van der Waals surface area contributed by atoms with Gasteiger partial charge in [0.2, 0.25) is 0 Å². The van der Waals surface area contributed by atoms with E-state index in [9.17, 15) is 17.2 Å². The first-order valence-electron chi connectivity index (χ1n) is 9.25. The van der Waals surface area contributed by atoms with Crippen LogP contribution in [0, 0.1) is 11.6 Å². The predicted octanol–water partition coefficient (Wildman–Crippen LogP) is 4.44. The molecule has 4 aromatic rings. The van der Waals surface area contributed by atoms with E-state index in [4.69, 9.17) is 0 Å². The Balaban J connectivity index is 1.46. The van der Waals surface area contributed by atoms with Gasteiger partial charge in [0, 0.05) is 23.6 Å². The fourth-order valence-corrected chi connectivity index (χ4v) is 3.97. The highest BCUT2D eigenvalue weighted by atomic mass is 32.2. The maximum Gasteiger partial charge on any atom is 0.267 e. The van der Waals surface area contributed by atoms with E-state index in [1.54, 1.807) is 36.5 Å². The van der Waals surface area contributed by atoms with Gasteiger partial charge in [0.05, 0.1) is 0 Å². The number of nitrogens with zero attached hydrogens (tertiary/aromatic N) is 3. The Labute approximate surface area is 182 Å². The number of sulfonamides is 1. The number of pyridine rings is 1. The number of aromatic nitrogens is 3. The lowest BCUT2D eigenvalue weighted by Crippen LogP contribution is -2.16. The van der Waals surface area contributed by atoms with E-state index in [2.05, 4.69) is 30.3 Å². The van der Waals surface area contributed by atoms with Crippen LogP contribution in [0.25, 0.3) is 0 Å². The highest BCUT2D eigenvalue weighted by molar-refractivity contribution is 7.92. The summed E-state index contributed by atoms with van der Waals surface area (Å²) in [5.74, 6) is -0.706. The molecule has 0 bridgehead atoms. The van der Waals surface area contributed by atoms with Crippen LogP contribution in [0.4, 0.5) is 37.6 Å². The van der Waals surface area contributed by atoms with Gasteiger partial charge >= 0.3 is 0 Å². The monoisotopic (exact) mass is 454 g/mol. The first-order chi connectivity index (χ1) is 15.4. The largest absolute Gasteiger partial charge is 0.340 e. The van der Waals surface area contributed by atoms with Crippen LogP contribution in [0.15, 0.2) is 84.1 Å². The summed E-state index contributed by atoms with van der Waals surface area (Å²) in [5, 5.41) is 6.11.